The van der Waals surface area contributed by atoms with E-state index in [9.17, 15) is 29.1 Å². The first kappa shape index (κ1) is 48.2. The molecule has 0 aromatic rings. The number of nitrogens with zero attached hydrogens (tertiary/aromatic N) is 1. The molecule has 13 heteroatoms. The zero-order valence-electron chi connectivity index (χ0n) is 36.7. The van der Waals surface area contributed by atoms with Gasteiger partial charge in [0.15, 0.2) is 5.78 Å². The minimum Gasteiger partial charge on any atom is -0.460 e. The van der Waals surface area contributed by atoms with E-state index in [0.29, 0.717) is 51.4 Å². The molecule has 0 aromatic heterocycles. The Kier molecular flexibility index (Phi) is 17.8. The number of hydrogen-bond acceptors (Lipinski definition) is 12. The average Bonchev–Trinajstić information content (AvgIpc) is 3.20. The Labute approximate surface area is 350 Å². The summed E-state index contributed by atoms with van der Waals surface area (Å²) >= 11 is 0. The van der Waals surface area contributed by atoms with Crippen molar-refractivity contribution < 1.29 is 57.5 Å². The van der Waals surface area contributed by atoms with Crippen molar-refractivity contribution in [1.82, 2.24) is 4.90 Å². The molecule has 3 aliphatic heterocycles. The van der Waals surface area contributed by atoms with E-state index >= 15 is 0 Å². The minimum atomic E-state index is -2.50. The van der Waals surface area contributed by atoms with Crippen molar-refractivity contribution >= 4 is 29.4 Å². The molecule has 0 aromatic carbocycles. The minimum absolute atomic E-state index is 0.0189. The molecule has 1 aliphatic carbocycles. The third-order valence-electron chi connectivity index (χ3n) is 12.7. The van der Waals surface area contributed by atoms with Crippen LogP contribution in [0.4, 0.5) is 0 Å². The van der Waals surface area contributed by atoms with Crippen LogP contribution in [0.3, 0.4) is 0 Å². The number of allylic oxidation sites excluding steroid dienone is 5. The van der Waals surface area contributed by atoms with Gasteiger partial charge in [0.2, 0.25) is 5.79 Å². The van der Waals surface area contributed by atoms with Crippen molar-refractivity contribution in [2.75, 3.05) is 27.9 Å². The van der Waals surface area contributed by atoms with Crippen molar-refractivity contribution in [2.45, 2.75) is 154 Å². The zero-order chi connectivity index (χ0) is 43.6. The molecule has 0 spiro atoms. The largest absolute Gasteiger partial charge is 0.460 e. The van der Waals surface area contributed by atoms with Crippen LogP contribution >= 0.6 is 0 Å². The first-order valence-electron chi connectivity index (χ1n) is 21.4. The van der Waals surface area contributed by atoms with Crippen LogP contribution in [-0.2, 0) is 52.4 Å². The molecule has 1 amide bonds. The maximum atomic E-state index is 14.3. The lowest BCUT2D eigenvalue weighted by molar-refractivity contribution is -0.302. The summed E-state index contributed by atoms with van der Waals surface area (Å²) in [4.78, 5) is 69.6. The molecular weight excluding hydrogens is 759 g/mol. The highest BCUT2D eigenvalue weighted by Crippen LogP contribution is 2.39. The molecule has 330 valence electrons. The van der Waals surface area contributed by atoms with Gasteiger partial charge in [-0.1, -0.05) is 50.6 Å². The van der Waals surface area contributed by atoms with Gasteiger partial charge in [-0.15, -0.1) is 6.58 Å². The lowest BCUT2D eigenvalue weighted by atomic mass is 9.82. The molecule has 59 heavy (non-hydrogen) atoms. The molecule has 2 bridgehead atoms. The van der Waals surface area contributed by atoms with Gasteiger partial charge in [-0.25, -0.2) is 4.79 Å². The molecule has 2 saturated heterocycles. The van der Waals surface area contributed by atoms with Crippen LogP contribution in [0.25, 0.3) is 0 Å². The van der Waals surface area contributed by atoms with Gasteiger partial charge in [0.25, 0.3) is 11.7 Å². The Morgan fingerprint density at radius 3 is 2.27 bits per heavy atom. The number of hydrogen-bond donors (Lipinski definition) is 1. The summed E-state index contributed by atoms with van der Waals surface area (Å²) in [6.45, 7) is 14.8. The van der Waals surface area contributed by atoms with Gasteiger partial charge in [-0.05, 0) is 102 Å². The fourth-order valence-corrected chi connectivity index (χ4v) is 9.46. The molecule has 1 N–H and O–H groups in total. The van der Waals surface area contributed by atoms with E-state index in [1.807, 2.05) is 27.7 Å². The molecular formula is C46H69NO12. The SMILES string of the molecule is C=CCC1CC(C)=CC(C)CC(OC)C2OC(O)(C(=O)C(=O)N3CCCCC3C(=O)OC(C(C)=CC3CCC(OC(C)=O)C(OC)C3)C(C)/C=C\C1=O)C(C)CC2OC. The maximum absolute atomic E-state index is 14.3. The highest BCUT2D eigenvalue weighted by Gasteiger charge is 2.56. The van der Waals surface area contributed by atoms with Crippen molar-refractivity contribution in [2.24, 2.45) is 29.6 Å². The molecule has 3 fully saturated rings. The zero-order valence-corrected chi connectivity index (χ0v) is 36.7. The maximum Gasteiger partial charge on any atom is 0.329 e. The van der Waals surface area contributed by atoms with E-state index in [4.69, 9.17) is 28.4 Å². The molecule has 1 saturated carbocycles. The second kappa shape index (κ2) is 21.9. The molecule has 3 heterocycles. The summed E-state index contributed by atoms with van der Waals surface area (Å²) in [6.07, 6.45) is 10.6. The van der Waals surface area contributed by atoms with Crippen LogP contribution in [0.1, 0.15) is 106 Å². The Bertz CT molecular complexity index is 1600. The number of piperidine rings is 1. The van der Waals surface area contributed by atoms with Crippen molar-refractivity contribution in [1.29, 1.82) is 0 Å². The number of ether oxygens (including phenoxy) is 6. The summed E-state index contributed by atoms with van der Waals surface area (Å²) < 4.78 is 35.5. The van der Waals surface area contributed by atoms with Gasteiger partial charge in [-0.3, -0.25) is 19.2 Å². The van der Waals surface area contributed by atoms with Crippen molar-refractivity contribution in [3.8, 4) is 0 Å². The number of fused-ring (bicyclic) bond motifs is 3. The van der Waals surface area contributed by atoms with Crippen molar-refractivity contribution in [3.63, 3.8) is 0 Å². The second-order valence-electron chi connectivity index (χ2n) is 17.3. The molecule has 13 atom stereocenters. The Morgan fingerprint density at radius 2 is 1.63 bits per heavy atom. The second-order valence-corrected chi connectivity index (χ2v) is 17.3. The summed E-state index contributed by atoms with van der Waals surface area (Å²) in [5.74, 6) is -7.49. The number of cyclic esters (lactones) is 1. The average molecular weight is 828 g/mol. The summed E-state index contributed by atoms with van der Waals surface area (Å²) in [7, 11) is 4.65. The van der Waals surface area contributed by atoms with Crippen LogP contribution < -0.4 is 0 Å². The number of carbonyl (C=O) groups excluding carboxylic acids is 5. The number of Topliss-reactive ketones (excluding diaryl/α,β-unsaturated/α-hetero) is 1. The summed E-state index contributed by atoms with van der Waals surface area (Å²) in [5, 5.41) is 12.1. The quantitative estimate of drug-likeness (QED) is 0.172. The number of carbonyl (C=O) groups is 5. The van der Waals surface area contributed by atoms with Crippen LogP contribution in [0.2, 0.25) is 0 Å². The molecule has 13 unspecified atom stereocenters. The van der Waals surface area contributed by atoms with E-state index in [2.05, 4.69) is 18.7 Å². The lowest BCUT2D eigenvalue weighted by Gasteiger charge is -2.47. The highest BCUT2D eigenvalue weighted by atomic mass is 16.7. The van der Waals surface area contributed by atoms with Gasteiger partial charge in [0, 0.05) is 52.6 Å². The van der Waals surface area contributed by atoms with Gasteiger partial charge in [-0.2, -0.15) is 0 Å². The Balaban J connectivity index is 1.76. The fourth-order valence-electron chi connectivity index (χ4n) is 9.46. The molecule has 4 rings (SSSR count). The first-order chi connectivity index (χ1) is 28.0. The third-order valence-corrected chi connectivity index (χ3v) is 12.7. The molecule has 0 radical (unpaired) electrons. The number of amides is 1. The predicted molar refractivity (Wildman–Crippen MR) is 221 cm³/mol. The van der Waals surface area contributed by atoms with E-state index in [1.165, 1.54) is 26.0 Å². The molecule has 13 nitrogen and oxygen atoms in total. The van der Waals surface area contributed by atoms with E-state index in [1.54, 1.807) is 32.3 Å². The number of ketones is 2. The monoisotopic (exact) mass is 827 g/mol. The molecule has 4 aliphatic rings. The highest BCUT2D eigenvalue weighted by molar-refractivity contribution is 6.39. The van der Waals surface area contributed by atoms with E-state index in [-0.39, 0.29) is 61.1 Å². The van der Waals surface area contributed by atoms with E-state index in [0.717, 1.165) is 11.1 Å². The normalized spacial score (nSPS) is 38.0. The van der Waals surface area contributed by atoms with Crippen LogP contribution in [0, 0.1) is 29.6 Å². The number of rotatable bonds is 8. The third kappa shape index (κ3) is 12.1. The summed E-state index contributed by atoms with van der Waals surface area (Å²) in [5.41, 5.74) is 1.75. The fraction of sp³-hybridized carbons (Fsp3) is 0.717. The predicted octanol–water partition coefficient (Wildman–Crippen LogP) is 6.02. The standard InChI is InChI=1S/C46H69NO12/c1-11-14-34-22-27(2)21-28(3)23-39(55-9)42-40(56-10)25-31(6)46(53,59-42)43(50)44(51)47-20-13-12-15-35(47)45(52)58-41(29(4)16-18-36(34)49)30(5)24-33-17-19-37(57-32(7)48)38(26-33)54-8/h11,16,18,21,24,28-29,31,33-35,37-42,53H,1,12-15,17,19-20,22-23,25-26H2,2-10H3/b18-16-,27-21?,30-24?. The van der Waals surface area contributed by atoms with Gasteiger partial charge in [0.1, 0.15) is 24.4 Å². The van der Waals surface area contributed by atoms with Crippen LogP contribution in [0.15, 0.2) is 48.1 Å². The summed E-state index contributed by atoms with van der Waals surface area (Å²) in [6, 6.07) is -1.09. The Morgan fingerprint density at radius 1 is 0.949 bits per heavy atom. The lowest BCUT2D eigenvalue weighted by Crippen LogP contribution is -2.64. The van der Waals surface area contributed by atoms with Gasteiger partial charge >= 0.3 is 11.9 Å². The number of methoxy groups -OCH3 is 3. The van der Waals surface area contributed by atoms with Crippen molar-refractivity contribution in [3.05, 3.63) is 48.1 Å². The van der Waals surface area contributed by atoms with Gasteiger partial charge in [0.05, 0.1) is 18.3 Å². The van der Waals surface area contributed by atoms with E-state index < -0.39 is 65.7 Å². The Hall–Kier alpha value is -3.49. The van der Waals surface area contributed by atoms with Crippen LogP contribution in [-0.4, -0.2) is 116 Å². The first-order valence-corrected chi connectivity index (χ1v) is 21.4. The van der Waals surface area contributed by atoms with Gasteiger partial charge < -0.3 is 38.4 Å². The number of esters is 2. The number of aliphatic hydroxyl groups is 1. The van der Waals surface area contributed by atoms with Crippen LogP contribution in [0.5, 0.6) is 0 Å². The topological polar surface area (TPSA) is 164 Å². The smallest absolute Gasteiger partial charge is 0.329 e.